The zero-order valence-corrected chi connectivity index (χ0v) is 16.8. The van der Waals surface area contributed by atoms with Gasteiger partial charge in [0.15, 0.2) is 6.10 Å². The number of rotatable bonds is 8. The largest absolute Gasteiger partial charge is 0.481 e. The van der Waals surface area contributed by atoms with Crippen molar-refractivity contribution < 1.29 is 19.2 Å². The summed E-state index contributed by atoms with van der Waals surface area (Å²) in [5, 5.41) is 16.3. The molecule has 1 unspecified atom stereocenters. The van der Waals surface area contributed by atoms with Gasteiger partial charge in [0, 0.05) is 18.7 Å². The Bertz CT molecular complexity index is 1070. The average Bonchev–Trinajstić information content (AvgIpc) is 2.79. The fourth-order valence-electron chi connectivity index (χ4n) is 2.80. The van der Waals surface area contributed by atoms with E-state index in [1.807, 2.05) is 30.3 Å². The number of hydrogen-bond acceptors (Lipinski definition) is 5. The maximum atomic E-state index is 12.6. The van der Waals surface area contributed by atoms with Crippen LogP contribution in [-0.2, 0) is 11.3 Å². The second-order valence-electron chi connectivity index (χ2n) is 6.71. The van der Waals surface area contributed by atoms with E-state index in [0.717, 1.165) is 5.56 Å². The lowest BCUT2D eigenvalue weighted by Crippen LogP contribution is -2.31. The molecule has 3 aromatic rings. The molecule has 1 atom stereocenters. The summed E-state index contributed by atoms with van der Waals surface area (Å²) in [4.78, 5) is 35.4. The highest BCUT2D eigenvalue weighted by Gasteiger charge is 2.19. The quantitative estimate of drug-likeness (QED) is 0.425. The molecule has 31 heavy (non-hydrogen) atoms. The van der Waals surface area contributed by atoms with E-state index >= 15 is 0 Å². The number of nitro groups is 1. The molecular weight excluding hydrogens is 398 g/mol. The molecule has 3 aromatic carbocycles. The molecule has 8 heteroatoms. The highest BCUT2D eigenvalue weighted by atomic mass is 16.6. The van der Waals surface area contributed by atoms with Crippen LogP contribution < -0.4 is 15.4 Å². The van der Waals surface area contributed by atoms with Crippen LogP contribution in [-0.4, -0.2) is 22.8 Å². The number of para-hydroxylation sites is 1. The molecular formula is C23H21N3O5. The number of ether oxygens (including phenoxy) is 1. The van der Waals surface area contributed by atoms with Crippen molar-refractivity contribution in [2.24, 2.45) is 0 Å². The van der Waals surface area contributed by atoms with Gasteiger partial charge in [0.05, 0.1) is 16.2 Å². The summed E-state index contributed by atoms with van der Waals surface area (Å²) in [6.45, 7) is 1.91. The number of amides is 2. The summed E-state index contributed by atoms with van der Waals surface area (Å²) in [6.07, 6.45) is -0.887. The molecule has 8 nitrogen and oxygen atoms in total. The van der Waals surface area contributed by atoms with Gasteiger partial charge >= 0.3 is 0 Å². The Balaban J connectivity index is 1.63. The van der Waals surface area contributed by atoms with E-state index in [0.29, 0.717) is 23.5 Å². The summed E-state index contributed by atoms with van der Waals surface area (Å²) in [6, 6.07) is 21.6. The summed E-state index contributed by atoms with van der Waals surface area (Å²) in [5.41, 5.74) is 1.58. The molecule has 0 aliphatic heterocycles. The van der Waals surface area contributed by atoms with Crippen molar-refractivity contribution in [1.29, 1.82) is 0 Å². The smallest absolute Gasteiger partial charge is 0.269 e. The van der Waals surface area contributed by atoms with Crippen molar-refractivity contribution in [3.63, 3.8) is 0 Å². The van der Waals surface area contributed by atoms with Gasteiger partial charge in [-0.15, -0.1) is 0 Å². The van der Waals surface area contributed by atoms with Crippen molar-refractivity contribution in [3.8, 4) is 5.75 Å². The molecule has 3 rings (SSSR count). The third-order valence-electron chi connectivity index (χ3n) is 4.46. The van der Waals surface area contributed by atoms with E-state index in [1.54, 1.807) is 31.2 Å². The van der Waals surface area contributed by atoms with Crippen molar-refractivity contribution in [3.05, 3.63) is 100 Å². The van der Waals surface area contributed by atoms with Crippen LogP contribution in [0.25, 0.3) is 0 Å². The summed E-state index contributed by atoms with van der Waals surface area (Å²) in [7, 11) is 0. The van der Waals surface area contributed by atoms with E-state index < -0.39 is 16.9 Å². The fraction of sp³-hybridized carbons (Fsp3) is 0.130. The first-order valence-corrected chi connectivity index (χ1v) is 9.57. The molecule has 2 amide bonds. The van der Waals surface area contributed by atoms with Gasteiger partial charge in [-0.3, -0.25) is 19.7 Å². The minimum absolute atomic E-state index is 0.0695. The van der Waals surface area contributed by atoms with Gasteiger partial charge in [0.2, 0.25) is 0 Å². The Kier molecular flexibility index (Phi) is 6.95. The second-order valence-corrected chi connectivity index (χ2v) is 6.71. The lowest BCUT2D eigenvalue weighted by Gasteiger charge is -2.16. The lowest BCUT2D eigenvalue weighted by molar-refractivity contribution is -0.384. The average molecular weight is 419 g/mol. The van der Waals surface area contributed by atoms with Crippen molar-refractivity contribution >= 4 is 23.2 Å². The third kappa shape index (κ3) is 5.89. The van der Waals surface area contributed by atoms with Crippen LogP contribution in [0.4, 0.5) is 11.4 Å². The van der Waals surface area contributed by atoms with Crippen LogP contribution in [0, 0.1) is 10.1 Å². The molecule has 2 N–H and O–H groups in total. The fourth-order valence-corrected chi connectivity index (χ4v) is 2.80. The van der Waals surface area contributed by atoms with Crippen LogP contribution in [0.2, 0.25) is 0 Å². The Labute approximate surface area is 179 Å². The van der Waals surface area contributed by atoms with Gasteiger partial charge in [-0.1, -0.05) is 42.5 Å². The number of carbonyl (C=O) groups is 2. The van der Waals surface area contributed by atoms with Gasteiger partial charge in [-0.2, -0.15) is 0 Å². The number of nitrogens with one attached hydrogen (secondary N) is 2. The number of carbonyl (C=O) groups excluding carboxylic acids is 2. The van der Waals surface area contributed by atoms with Gasteiger partial charge in [-0.05, 0) is 36.8 Å². The number of nitrogens with zero attached hydrogens (tertiary/aromatic N) is 1. The number of benzene rings is 3. The highest BCUT2D eigenvalue weighted by Crippen LogP contribution is 2.20. The summed E-state index contributed by atoms with van der Waals surface area (Å²) < 4.78 is 5.55. The maximum Gasteiger partial charge on any atom is 0.269 e. The molecule has 0 saturated carbocycles. The van der Waals surface area contributed by atoms with E-state index in [4.69, 9.17) is 4.74 Å². The molecule has 0 aromatic heterocycles. The van der Waals surface area contributed by atoms with Crippen LogP contribution >= 0.6 is 0 Å². The Morgan fingerprint density at radius 2 is 1.61 bits per heavy atom. The molecule has 0 aliphatic rings. The zero-order chi connectivity index (χ0) is 22.2. The molecule has 0 radical (unpaired) electrons. The van der Waals surface area contributed by atoms with Crippen LogP contribution in [0.15, 0.2) is 78.9 Å². The van der Waals surface area contributed by atoms with Crippen molar-refractivity contribution in [2.45, 2.75) is 19.6 Å². The Morgan fingerprint density at radius 3 is 2.29 bits per heavy atom. The van der Waals surface area contributed by atoms with Gasteiger partial charge in [0.1, 0.15) is 5.75 Å². The first-order valence-electron chi connectivity index (χ1n) is 9.57. The van der Waals surface area contributed by atoms with Crippen molar-refractivity contribution in [2.75, 3.05) is 5.32 Å². The molecule has 158 valence electrons. The first kappa shape index (κ1) is 21.5. The highest BCUT2D eigenvalue weighted by molar-refractivity contribution is 6.04. The lowest BCUT2D eigenvalue weighted by atomic mass is 10.1. The minimum atomic E-state index is -0.887. The topological polar surface area (TPSA) is 111 Å². The van der Waals surface area contributed by atoms with Crippen LogP contribution in [0.5, 0.6) is 5.75 Å². The van der Waals surface area contributed by atoms with Gasteiger partial charge in [0.25, 0.3) is 17.5 Å². The minimum Gasteiger partial charge on any atom is -0.481 e. The monoisotopic (exact) mass is 419 g/mol. The van der Waals surface area contributed by atoms with E-state index in [-0.39, 0.29) is 11.6 Å². The number of anilines is 1. The third-order valence-corrected chi connectivity index (χ3v) is 4.46. The number of non-ortho nitro benzene ring substituents is 1. The van der Waals surface area contributed by atoms with Crippen molar-refractivity contribution in [1.82, 2.24) is 5.32 Å². The number of hydrogen-bond donors (Lipinski definition) is 2. The van der Waals surface area contributed by atoms with Crippen LogP contribution in [0.1, 0.15) is 22.8 Å². The molecule has 0 heterocycles. The predicted octanol–water partition coefficient (Wildman–Crippen LogP) is 3.93. The summed E-state index contributed by atoms with van der Waals surface area (Å²) >= 11 is 0. The normalized spacial score (nSPS) is 11.3. The van der Waals surface area contributed by atoms with Crippen LogP contribution in [0.3, 0.4) is 0 Å². The predicted molar refractivity (Wildman–Crippen MR) is 116 cm³/mol. The molecule has 0 fully saturated rings. The zero-order valence-electron chi connectivity index (χ0n) is 16.8. The maximum absolute atomic E-state index is 12.6. The first-order chi connectivity index (χ1) is 14.9. The molecule has 0 saturated heterocycles. The van der Waals surface area contributed by atoms with E-state index in [1.165, 1.54) is 24.3 Å². The Hall–Kier alpha value is -4.20. The van der Waals surface area contributed by atoms with Gasteiger partial charge < -0.3 is 15.4 Å². The molecule has 0 bridgehead atoms. The second kappa shape index (κ2) is 10.0. The number of nitro benzene ring substituents is 1. The molecule has 0 spiro atoms. The van der Waals surface area contributed by atoms with Gasteiger partial charge in [-0.25, -0.2) is 0 Å². The SMILES string of the molecule is CC(Oc1ccc([N+](=O)[O-])cc1)C(=O)Nc1ccccc1C(=O)NCc1ccccc1. The molecule has 0 aliphatic carbocycles. The summed E-state index contributed by atoms with van der Waals surface area (Å²) in [5.74, 6) is -0.451. The van der Waals surface area contributed by atoms with E-state index in [2.05, 4.69) is 10.6 Å². The Morgan fingerprint density at radius 1 is 0.968 bits per heavy atom. The van der Waals surface area contributed by atoms with E-state index in [9.17, 15) is 19.7 Å². The standard InChI is InChI=1S/C23H21N3O5/c1-16(31-19-13-11-18(12-14-19)26(29)30)22(27)25-21-10-6-5-9-20(21)23(28)24-15-17-7-3-2-4-8-17/h2-14,16H,15H2,1H3,(H,24,28)(H,25,27).